The maximum atomic E-state index is 11.4. The number of hydrogen-bond donors (Lipinski definition) is 0. The molecule has 1 atom stereocenters. The van der Waals surface area contributed by atoms with Crippen molar-refractivity contribution in [2.24, 2.45) is 0 Å². The summed E-state index contributed by atoms with van der Waals surface area (Å²) in [6.45, 7) is 0. The molecule has 0 spiro atoms. The summed E-state index contributed by atoms with van der Waals surface area (Å²) in [5.74, 6) is 0.431. The molecule has 0 fully saturated rings. The van der Waals surface area contributed by atoms with Crippen LogP contribution in [0.1, 0.15) is 6.42 Å². The van der Waals surface area contributed by atoms with Crippen LogP contribution in [0.15, 0.2) is 35.2 Å². The molecular formula is C9H9NOS. The van der Waals surface area contributed by atoms with Crippen molar-refractivity contribution in [3.8, 4) is 6.07 Å². The molecule has 62 valence electrons. The summed E-state index contributed by atoms with van der Waals surface area (Å²) in [6.07, 6.45) is 0.349. The van der Waals surface area contributed by atoms with Crippen molar-refractivity contribution in [3.63, 3.8) is 0 Å². The zero-order valence-corrected chi connectivity index (χ0v) is 7.38. The van der Waals surface area contributed by atoms with Crippen LogP contribution in [0.2, 0.25) is 0 Å². The van der Waals surface area contributed by atoms with Crippen molar-refractivity contribution in [1.29, 1.82) is 5.26 Å². The average molecular weight is 179 g/mol. The minimum absolute atomic E-state index is 0.349. The van der Waals surface area contributed by atoms with E-state index < -0.39 is 10.8 Å². The minimum Gasteiger partial charge on any atom is -0.254 e. The summed E-state index contributed by atoms with van der Waals surface area (Å²) in [7, 11) is -1.01. The molecule has 2 nitrogen and oxygen atoms in total. The van der Waals surface area contributed by atoms with Crippen LogP contribution in [0, 0.1) is 11.3 Å². The van der Waals surface area contributed by atoms with E-state index in [-0.39, 0.29) is 0 Å². The lowest BCUT2D eigenvalue weighted by Crippen LogP contribution is -1.96. The Morgan fingerprint density at radius 2 is 2.00 bits per heavy atom. The van der Waals surface area contributed by atoms with Gasteiger partial charge in [0.2, 0.25) is 0 Å². The molecule has 1 aromatic rings. The third kappa shape index (κ3) is 2.48. The molecule has 0 amide bonds. The summed E-state index contributed by atoms with van der Waals surface area (Å²) < 4.78 is 11.4. The SMILES string of the molecule is N#CCC[S@@](=O)c1ccccc1. The standard InChI is InChI=1S/C9H9NOS/c10-7-4-8-12(11)9-5-2-1-3-6-9/h1-3,5-6H,4,8H2/t12-/m1/s1. The lowest BCUT2D eigenvalue weighted by molar-refractivity contribution is 0.683. The third-order valence-electron chi connectivity index (χ3n) is 1.41. The van der Waals surface area contributed by atoms with E-state index in [1.54, 1.807) is 0 Å². The summed E-state index contributed by atoms with van der Waals surface area (Å²) >= 11 is 0. The maximum Gasteiger partial charge on any atom is 0.0631 e. The Bertz CT molecular complexity index is 302. The zero-order valence-electron chi connectivity index (χ0n) is 6.56. The van der Waals surface area contributed by atoms with Crippen LogP contribution >= 0.6 is 0 Å². The normalized spacial score (nSPS) is 11.9. The number of benzene rings is 1. The first-order valence-corrected chi connectivity index (χ1v) is 4.97. The van der Waals surface area contributed by atoms with Gasteiger partial charge in [0.05, 0.1) is 16.9 Å². The van der Waals surface area contributed by atoms with Crippen molar-refractivity contribution >= 4 is 10.8 Å². The van der Waals surface area contributed by atoms with Gasteiger partial charge in [0, 0.05) is 17.1 Å². The Morgan fingerprint density at radius 1 is 1.33 bits per heavy atom. The van der Waals surface area contributed by atoms with E-state index in [0.29, 0.717) is 12.2 Å². The van der Waals surface area contributed by atoms with Gasteiger partial charge in [0.25, 0.3) is 0 Å². The Labute approximate surface area is 74.3 Å². The predicted octanol–water partition coefficient (Wildman–Crippen LogP) is 1.71. The van der Waals surface area contributed by atoms with Crippen LogP contribution in [0.4, 0.5) is 0 Å². The quantitative estimate of drug-likeness (QED) is 0.708. The number of nitrogens with zero attached hydrogens (tertiary/aromatic N) is 1. The van der Waals surface area contributed by atoms with Crippen LogP contribution in [0.3, 0.4) is 0 Å². The molecule has 3 heteroatoms. The highest BCUT2D eigenvalue weighted by molar-refractivity contribution is 7.85. The first-order valence-electron chi connectivity index (χ1n) is 3.65. The van der Waals surface area contributed by atoms with Crippen molar-refractivity contribution in [2.75, 3.05) is 5.75 Å². The van der Waals surface area contributed by atoms with Crippen molar-refractivity contribution in [3.05, 3.63) is 30.3 Å². The van der Waals surface area contributed by atoms with E-state index in [9.17, 15) is 4.21 Å². The second kappa shape index (κ2) is 4.68. The molecule has 12 heavy (non-hydrogen) atoms. The van der Waals surface area contributed by atoms with E-state index in [2.05, 4.69) is 0 Å². The van der Waals surface area contributed by atoms with E-state index in [0.717, 1.165) is 4.90 Å². The summed E-state index contributed by atoms with van der Waals surface area (Å²) in [5.41, 5.74) is 0. The fraction of sp³-hybridized carbons (Fsp3) is 0.222. The zero-order chi connectivity index (χ0) is 8.81. The largest absolute Gasteiger partial charge is 0.254 e. The molecule has 0 N–H and O–H groups in total. The minimum atomic E-state index is -1.01. The lowest BCUT2D eigenvalue weighted by atomic mass is 10.4. The molecule has 0 aliphatic rings. The summed E-state index contributed by atoms with van der Waals surface area (Å²) in [4.78, 5) is 0.799. The van der Waals surface area contributed by atoms with Gasteiger partial charge in [-0.15, -0.1) is 0 Å². The Balaban J connectivity index is 2.61. The van der Waals surface area contributed by atoms with E-state index >= 15 is 0 Å². The molecule has 0 saturated heterocycles. The van der Waals surface area contributed by atoms with Crippen molar-refractivity contribution < 1.29 is 4.21 Å². The molecule has 0 aliphatic heterocycles. The molecule has 0 unspecified atom stereocenters. The Kier molecular flexibility index (Phi) is 3.49. The maximum absolute atomic E-state index is 11.4. The van der Waals surface area contributed by atoms with Gasteiger partial charge in [-0.3, -0.25) is 4.21 Å². The second-order valence-electron chi connectivity index (χ2n) is 2.27. The third-order valence-corrected chi connectivity index (χ3v) is 2.78. The van der Waals surface area contributed by atoms with Crippen molar-refractivity contribution in [2.45, 2.75) is 11.3 Å². The monoisotopic (exact) mass is 179 g/mol. The van der Waals surface area contributed by atoms with Gasteiger partial charge in [-0.25, -0.2) is 0 Å². The van der Waals surface area contributed by atoms with Crippen LogP contribution in [-0.2, 0) is 10.8 Å². The molecule has 0 saturated carbocycles. The summed E-state index contributed by atoms with van der Waals surface area (Å²) in [5, 5.41) is 8.28. The highest BCUT2D eigenvalue weighted by Gasteiger charge is 2.00. The molecule has 0 aliphatic carbocycles. The molecule has 1 rings (SSSR count). The Morgan fingerprint density at radius 3 is 2.58 bits per heavy atom. The highest BCUT2D eigenvalue weighted by Crippen LogP contribution is 2.05. The van der Waals surface area contributed by atoms with E-state index in [1.807, 2.05) is 36.4 Å². The van der Waals surface area contributed by atoms with Crippen LogP contribution in [0.25, 0.3) is 0 Å². The van der Waals surface area contributed by atoms with Crippen LogP contribution in [0.5, 0.6) is 0 Å². The second-order valence-corrected chi connectivity index (χ2v) is 3.84. The van der Waals surface area contributed by atoms with Gasteiger partial charge in [0.15, 0.2) is 0 Å². The van der Waals surface area contributed by atoms with Gasteiger partial charge in [-0.05, 0) is 12.1 Å². The molecule has 0 bridgehead atoms. The number of nitriles is 1. The number of rotatable bonds is 3. The van der Waals surface area contributed by atoms with Crippen molar-refractivity contribution in [1.82, 2.24) is 0 Å². The first kappa shape index (κ1) is 8.95. The Hall–Kier alpha value is -1.14. The molecular weight excluding hydrogens is 170 g/mol. The van der Waals surface area contributed by atoms with Gasteiger partial charge < -0.3 is 0 Å². The smallest absolute Gasteiger partial charge is 0.0631 e. The van der Waals surface area contributed by atoms with Crippen LogP contribution in [-0.4, -0.2) is 9.96 Å². The molecule has 1 aromatic carbocycles. The average Bonchev–Trinajstić information content (AvgIpc) is 2.15. The lowest BCUT2D eigenvalue weighted by Gasteiger charge is -1.96. The van der Waals surface area contributed by atoms with Gasteiger partial charge >= 0.3 is 0 Å². The molecule has 0 aromatic heterocycles. The van der Waals surface area contributed by atoms with E-state index in [4.69, 9.17) is 5.26 Å². The van der Waals surface area contributed by atoms with Gasteiger partial charge in [-0.2, -0.15) is 5.26 Å². The molecule has 0 heterocycles. The highest BCUT2D eigenvalue weighted by atomic mass is 32.2. The van der Waals surface area contributed by atoms with Gasteiger partial charge in [0.1, 0.15) is 0 Å². The topological polar surface area (TPSA) is 40.9 Å². The predicted molar refractivity (Wildman–Crippen MR) is 47.9 cm³/mol. The van der Waals surface area contributed by atoms with Crippen LogP contribution < -0.4 is 0 Å². The van der Waals surface area contributed by atoms with E-state index in [1.165, 1.54) is 0 Å². The molecule has 0 radical (unpaired) electrons. The first-order chi connectivity index (χ1) is 5.84. The number of hydrogen-bond acceptors (Lipinski definition) is 2. The fourth-order valence-corrected chi connectivity index (χ4v) is 1.80. The van der Waals surface area contributed by atoms with Gasteiger partial charge in [-0.1, -0.05) is 18.2 Å². The summed E-state index contributed by atoms with van der Waals surface area (Å²) in [6, 6.07) is 11.2. The fourth-order valence-electron chi connectivity index (χ4n) is 0.828.